The zero-order valence-electron chi connectivity index (χ0n) is 14.8. The molecule has 0 aromatic heterocycles. The van der Waals surface area contributed by atoms with Gasteiger partial charge in [0.2, 0.25) is 0 Å². The van der Waals surface area contributed by atoms with Gasteiger partial charge in [0, 0.05) is 22.3 Å². The molecule has 0 bridgehead atoms. The van der Waals surface area contributed by atoms with Gasteiger partial charge in [-0.15, -0.1) is 0 Å². The van der Waals surface area contributed by atoms with Gasteiger partial charge < -0.3 is 0 Å². The fourth-order valence-electron chi connectivity index (χ4n) is 5.30. The molecule has 0 amide bonds. The van der Waals surface area contributed by atoms with Gasteiger partial charge in [-0.3, -0.25) is 0 Å². The summed E-state index contributed by atoms with van der Waals surface area (Å²) in [5, 5.41) is 6.28. The van der Waals surface area contributed by atoms with Gasteiger partial charge in [0.15, 0.2) is 0 Å². The maximum Gasteiger partial charge on any atom is 0.146 e. The third kappa shape index (κ3) is 1.56. The predicted molar refractivity (Wildman–Crippen MR) is 114 cm³/mol. The van der Waals surface area contributed by atoms with Gasteiger partial charge in [-0.1, -0.05) is 67.6 Å². The van der Waals surface area contributed by atoms with Crippen LogP contribution in [0.5, 0.6) is 0 Å². The van der Waals surface area contributed by atoms with Gasteiger partial charge in [-0.2, -0.15) is 0 Å². The highest BCUT2D eigenvalue weighted by molar-refractivity contribution is 8.00. The summed E-state index contributed by atoms with van der Waals surface area (Å²) < 4.78 is 0. The Morgan fingerprint density at radius 3 is 1.81 bits per heavy atom. The molecule has 124 valence electrons. The molecule has 0 nitrogen and oxygen atoms in total. The molecule has 0 N–H and O–H groups in total. The SMILES string of the molecule is CC1CC=CC2=C1c1ccccc1[P+]21c2ccccc2-c2ccccc21. The lowest BCUT2D eigenvalue weighted by molar-refractivity contribution is 0.758. The van der Waals surface area contributed by atoms with Crippen molar-refractivity contribution in [3.8, 4) is 11.1 Å². The van der Waals surface area contributed by atoms with Crippen LogP contribution in [-0.2, 0) is 0 Å². The van der Waals surface area contributed by atoms with E-state index in [1.165, 1.54) is 16.7 Å². The molecule has 3 aromatic rings. The Bertz CT molecular complexity index is 1090. The number of fused-ring (bicyclic) bond motifs is 9. The molecule has 1 unspecified atom stereocenters. The summed E-state index contributed by atoms with van der Waals surface area (Å²) in [7, 11) is -1.74. The lowest BCUT2D eigenvalue weighted by Gasteiger charge is -2.23. The Kier molecular flexibility index (Phi) is 2.86. The average Bonchev–Trinajstić information content (AvgIpc) is 3.16. The summed E-state index contributed by atoms with van der Waals surface area (Å²) >= 11 is 0. The molecule has 0 fully saturated rings. The van der Waals surface area contributed by atoms with Crippen molar-refractivity contribution in [3.63, 3.8) is 0 Å². The van der Waals surface area contributed by atoms with Crippen molar-refractivity contribution in [2.45, 2.75) is 13.3 Å². The highest BCUT2D eigenvalue weighted by atomic mass is 31.2. The van der Waals surface area contributed by atoms with Crippen molar-refractivity contribution >= 4 is 28.7 Å². The highest BCUT2D eigenvalue weighted by Gasteiger charge is 2.61. The average molecular weight is 351 g/mol. The van der Waals surface area contributed by atoms with Gasteiger partial charge in [0.05, 0.1) is 0 Å². The molecule has 1 spiro atoms. The van der Waals surface area contributed by atoms with Gasteiger partial charge in [0.1, 0.15) is 28.5 Å². The Morgan fingerprint density at radius 2 is 1.19 bits per heavy atom. The van der Waals surface area contributed by atoms with Crippen LogP contribution in [0, 0.1) is 5.92 Å². The maximum atomic E-state index is 2.46. The summed E-state index contributed by atoms with van der Waals surface area (Å²) in [5.41, 5.74) is 5.97. The second-order valence-corrected chi connectivity index (χ2v) is 10.8. The van der Waals surface area contributed by atoms with Crippen molar-refractivity contribution in [1.29, 1.82) is 0 Å². The van der Waals surface area contributed by atoms with Crippen LogP contribution >= 0.6 is 7.26 Å². The molecule has 0 saturated heterocycles. The van der Waals surface area contributed by atoms with E-state index in [0.717, 1.165) is 6.42 Å². The first-order chi connectivity index (χ1) is 12.8. The molecule has 3 aromatic carbocycles. The van der Waals surface area contributed by atoms with Crippen molar-refractivity contribution < 1.29 is 0 Å². The van der Waals surface area contributed by atoms with Crippen molar-refractivity contribution in [2.75, 3.05) is 0 Å². The van der Waals surface area contributed by atoms with E-state index < -0.39 is 7.26 Å². The fourth-order valence-corrected chi connectivity index (χ4v) is 10.5. The lowest BCUT2D eigenvalue weighted by atomic mass is 9.88. The zero-order valence-corrected chi connectivity index (χ0v) is 15.7. The molecular weight excluding hydrogens is 331 g/mol. The van der Waals surface area contributed by atoms with Crippen LogP contribution in [0.4, 0.5) is 0 Å². The number of allylic oxidation sites excluding steroid dienone is 4. The van der Waals surface area contributed by atoms with Crippen LogP contribution in [0.1, 0.15) is 18.9 Å². The van der Waals surface area contributed by atoms with Crippen molar-refractivity contribution in [3.05, 3.63) is 95.8 Å². The fraction of sp³-hybridized carbons (Fsp3) is 0.120. The quantitative estimate of drug-likeness (QED) is 0.483. The molecule has 0 saturated carbocycles. The molecule has 2 heterocycles. The smallest absolute Gasteiger partial charge is 0.0800 e. The standard InChI is InChI=1S/C25H20P/c1-17-9-8-16-24-25(17)20-12-4-7-15-23(20)26(24)21-13-5-2-10-18(21)19-11-3-6-14-22(19)26/h2-8,10-17H,9H2,1H3/q+1. The lowest BCUT2D eigenvalue weighted by Crippen LogP contribution is -2.26. The molecule has 0 radical (unpaired) electrons. The van der Waals surface area contributed by atoms with E-state index in [-0.39, 0.29) is 0 Å². The first kappa shape index (κ1) is 14.7. The largest absolute Gasteiger partial charge is 0.146 e. The minimum absolute atomic E-state index is 0.593. The predicted octanol–water partition coefficient (Wildman–Crippen LogP) is 5.28. The third-order valence-corrected chi connectivity index (χ3v) is 10.7. The molecular formula is C25H20P+. The van der Waals surface area contributed by atoms with Gasteiger partial charge in [-0.25, -0.2) is 0 Å². The van der Waals surface area contributed by atoms with Crippen LogP contribution in [0.3, 0.4) is 0 Å². The molecule has 3 aliphatic rings. The minimum Gasteiger partial charge on any atom is -0.0800 e. The Balaban J connectivity index is 1.84. The summed E-state index contributed by atoms with van der Waals surface area (Å²) in [5.74, 6) is 0.593. The molecule has 1 aliphatic carbocycles. The summed E-state index contributed by atoms with van der Waals surface area (Å²) in [4.78, 5) is 0. The number of benzene rings is 3. The van der Waals surface area contributed by atoms with Crippen LogP contribution in [-0.4, -0.2) is 0 Å². The van der Waals surface area contributed by atoms with E-state index >= 15 is 0 Å². The molecule has 1 atom stereocenters. The number of hydrogen-bond donors (Lipinski definition) is 0. The number of rotatable bonds is 0. The summed E-state index contributed by atoms with van der Waals surface area (Å²) in [6.45, 7) is 2.39. The van der Waals surface area contributed by atoms with E-state index in [0.29, 0.717) is 5.92 Å². The molecule has 26 heavy (non-hydrogen) atoms. The van der Waals surface area contributed by atoms with Crippen molar-refractivity contribution in [1.82, 2.24) is 0 Å². The monoisotopic (exact) mass is 351 g/mol. The number of hydrogen-bond acceptors (Lipinski definition) is 0. The van der Waals surface area contributed by atoms with Crippen LogP contribution < -0.4 is 15.9 Å². The van der Waals surface area contributed by atoms with Gasteiger partial charge in [-0.05, 0) is 36.6 Å². The van der Waals surface area contributed by atoms with Crippen molar-refractivity contribution in [2.24, 2.45) is 5.92 Å². The first-order valence-electron chi connectivity index (χ1n) is 9.43. The zero-order chi connectivity index (χ0) is 17.3. The maximum absolute atomic E-state index is 2.46. The van der Waals surface area contributed by atoms with E-state index in [2.05, 4.69) is 91.9 Å². The Hall–Kier alpha value is -2.43. The minimum atomic E-state index is -1.74. The Labute approximate surface area is 155 Å². The van der Waals surface area contributed by atoms with E-state index in [9.17, 15) is 0 Å². The topological polar surface area (TPSA) is 0 Å². The molecule has 6 rings (SSSR count). The highest BCUT2D eigenvalue weighted by Crippen LogP contribution is 2.74. The summed E-state index contributed by atoms with van der Waals surface area (Å²) in [6.07, 6.45) is 6.01. The molecule has 2 aliphatic heterocycles. The first-order valence-corrected chi connectivity index (χ1v) is 11.2. The summed E-state index contributed by atoms with van der Waals surface area (Å²) in [6, 6.07) is 27.5. The normalized spacial score (nSPS) is 20.7. The Morgan fingerprint density at radius 1 is 0.692 bits per heavy atom. The van der Waals surface area contributed by atoms with E-state index in [1.54, 1.807) is 26.8 Å². The van der Waals surface area contributed by atoms with E-state index in [4.69, 9.17) is 0 Å². The van der Waals surface area contributed by atoms with Gasteiger partial charge in [0.25, 0.3) is 0 Å². The molecule has 1 heteroatoms. The van der Waals surface area contributed by atoms with E-state index in [1.807, 2.05) is 0 Å². The second kappa shape index (κ2) is 5.06. The third-order valence-electron chi connectivity index (χ3n) is 6.27. The second-order valence-electron chi connectivity index (χ2n) is 7.56. The van der Waals surface area contributed by atoms with Gasteiger partial charge >= 0.3 is 0 Å². The van der Waals surface area contributed by atoms with Crippen LogP contribution in [0.25, 0.3) is 16.7 Å². The van der Waals surface area contributed by atoms with Crippen LogP contribution in [0.2, 0.25) is 0 Å². The van der Waals surface area contributed by atoms with Crippen LogP contribution in [0.15, 0.2) is 90.3 Å².